The Balaban J connectivity index is 1.60. The van der Waals surface area contributed by atoms with Gasteiger partial charge in [-0.2, -0.15) is 11.3 Å². The van der Waals surface area contributed by atoms with Crippen molar-refractivity contribution in [1.29, 1.82) is 0 Å². The van der Waals surface area contributed by atoms with E-state index in [1.165, 1.54) is 18.4 Å². The molecule has 1 saturated heterocycles. The maximum atomic E-state index is 13.0. The molecule has 1 fully saturated rings. The van der Waals surface area contributed by atoms with Crippen LogP contribution in [-0.4, -0.2) is 33.0 Å². The highest BCUT2D eigenvalue weighted by atomic mass is 32.2. The Labute approximate surface area is 158 Å². The highest BCUT2D eigenvalue weighted by Gasteiger charge is 2.26. The Morgan fingerprint density at radius 2 is 1.81 bits per heavy atom. The molecule has 26 heavy (non-hydrogen) atoms. The summed E-state index contributed by atoms with van der Waals surface area (Å²) in [5.74, 6) is 0. The summed E-state index contributed by atoms with van der Waals surface area (Å²) in [4.78, 5) is 2.73. The SMILES string of the molecule is O=S(=O)(NCC(c1ccsc1)N1CCCC1)c1cccc2ccccc12. The molecule has 1 aliphatic rings. The first-order valence-electron chi connectivity index (χ1n) is 8.89. The number of thiophene rings is 1. The Kier molecular flexibility index (Phi) is 5.09. The Morgan fingerprint density at radius 3 is 2.58 bits per heavy atom. The average Bonchev–Trinajstić information content (AvgIpc) is 3.36. The van der Waals surface area contributed by atoms with Crippen molar-refractivity contribution in [2.75, 3.05) is 19.6 Å². The predicted molar refractivity (Wildman–Crippen MR) is 107 cm³/mol. The van der Waals surface area contributed by atoms with Gasteiger partial charge < -0.3 is 0 Å². The quantitative estimate of drug-likeness (QED) is 0.696. The van der Waals surface area contributed by atoms with Crippen molar-refractivity contribution in [3.63, 3.8) is 0 Å². The molecule has 1 atom stereocenters. The van der Waals surface area contributed by atoms with Gasteiger partial charge in [0.2, 0.25) is 10.0 Å². The van der Waals surface area contributed by atoms with Crippen LogP contribution in [0.4, 0.5) is 0 Å². The van der Waals surface area contributed by atoms with Crippen LogP contribution >= 0.6 is 11.3 Å². The predicted octanol–water partition coefficient (Wildman–Crippen LogP) is 4.02. The lowest BCUT2D eigenvalue weighted by atomic mass is 10.1. The normalized spacial score (nSPS) is 16.9. The number of rotatable bonds is 6. The molecule has 0 bridgehead atoms. The van der Waals surface area contributed by atoms with E-state index < -0.39 is 10.0 Å². The molecule has 0 saturated carbocycles. The molecule has 6 heteroatoms. The lowest BCUT2D eigenvalue weighted by molar-refractivity contribution is 0.247. The molecule has 1 N–H and O–H groups in total. The maximum Gasteiger partial charge on any atom is 0.241 e. The molecule has 0 spiro atoms. The van der Waals surface area contributed by atoms with E-state index >= 15 is 0 Å². The zero-order valence-electron chi connectivity index (χ0n) is 14.5. The van der Waals surface area contributed by atoms with Gasteiger partial charge in [0, 0.05) is 18.0 Å². The summed E-state index contributed by atoms with van der Waals surface area (Å²) >= 11 is 1.65. The topological polar surface area (TPSA) is 49.4 Å². The van der Waals surface area contributed by atoms with Crippen molar-refractivity contribution in [3.05, 3.63) is 64.9 Å². The zero-order chi connectivity index (χ0) is 18.0. The minimum Gasteiger partial charge on any atom is -0.295 e. The molecule has 136 valence electrons. The lowest BCUT2D eigenvalue weighted by Crippen LogP contribution is -2.36. The third kappa shape index (κ3) is 3.55. The van der Waals surface area contributed by atoms with Gasteiger partial charge in [0.1, 0.15) is 0 Å². The summed E-state index contributed by atoms with van der Waals surface area (Å²) in [5.41, 5.74) is 1.19. The first kappa shape index (κ1) is 17.7. The minimum atomic E-state index is -3.58. The van der Waals surface area contributed by atoms with Crippen LogP contribution in [0.2, 0.25) is 0 Å². The summed E-state index contributed by atoms with van der Waals surface area (Å²) < 4.78 is 28.9. The fraction of sp³-hybridized carbons (Fsp3) is 0.300. The Hall–Kier alpha value is -1.73. The fourth-order valence-corrected chi connectivity index (χ4v) is 5.65. The van der Waals surface area contributed by atoms with E-state index in [0.717, 1.165) is 23.9 Å². The highest BCUT2D eigenvalue weighted by Crippen LogP contribution is 2.28. The van der Waals surface area contributed by atoms with Crippen molar-refractivity contribution in [1.82, 2.24) is 9.62 Å². The van der Waals surface area contributed by atoms with Gasteiger partial charge in [-0.15, -0.1) is 0 Å². The monoisotopic (exact) mass is 386 g/mol. The average molecular weight is 387 g/mol. The van der Waals surface area contributed by atoms with Gasteiger partial charge in [-0.05, 0) is 59.8 Å². The van der Waals surface area contributed by atoms with E-state index in [9.17, 15) is 8.42 Å². The molecular weight excluding hydrogens is 364 g/mol. The maximum absolute atomic E-state index is 13.0. The third-order valence-corrected chi connectivity index (χ3v) is 7.20. The molecular formula is C20H22N2O2S2. The van der Waals surface area contributed by atoms with E-state index in [0.29, 0.717) is 11.4 Å². The van der Waals surface area contributed by atoms with Crippen molar-refractivity contribution in [2.45, 2.75) is 23.8 Å². The van der Waals surface area contributed by atoms with Crippen LogP contribution in [-0.2, 0) is 10.0 Å². The smallest absolute Gasteiger partial charge is 0.241 e. The molecule has 2 heterocycles. The number of benzene rings is 2. The highest BCUT2D eigenvalue weighted by molar-refractivity contribution is 7.89. The third-order valence-electron chi connectivity index (χ3n) is 5.02. The second kappa shape index (κ2) is 7.48. The number of hydrogen-bond acceptors (Lipinski definition) is 4. The largest absolute Gasteiger partial charge is 0.295 e. The minimum absolute atomic E-state index is 0.0912. The van der Waals surface area contributed by atoms with Gasteiger partial charge in [-0.1, -0.05) is 36.4 Å². The van der Waals surface area contributed by atoms with Crippen LogP contribution in [0, 0.1) is 0 Å². The van der Waals surface area contributed by atoms with Crippen LogP contribution in [0.1, 0.15) is 24.4 Å². The summed E-state index contributed by atoms with van der Waals surface area (Å²) in [5, 5.41) is 5.87. The zero-order valence-corrected chi connectivity index (χ0v) is 16.1. The van der Waals surface area contributed by atoms with Crippen molar-refractivity contribution >= 4 is 32.1 Å². The van der Waals surface area contributed by atoms with Gasteiger partial charge in [0.15, 0.2) is 0 Å². The molecule has 3 aromatic rings. The van der Waals surface area contributed by atoms with E-state index in [-0.39, 0.29) is 6.04 Å². The summed E-state index contributed by atoms with van der Waals surface area (Å²) in [6.07, 6.45) is 2.35. The van der Waals surface area contributed by atoms with E-state index in [4.69, 9.17) is 0 Å². The second-order valence-electron chi connectivity index (χ2n) is 6.64. The summed E-state index contributed by atoms with van der Waals surface area (Å²) in [6, 6.07) is 15.2. The van der Waals surface area contributed by atoms with E-state index in [1.807, 2.05) is 30.3 Å². The van der Waals surface area contributed by atoms with Crippen LogP contribution in [0.3, 0.4) is 0 Å². The molecule has 2 aromatic carbocycles. The Bertz CT molecular complexity index is 973. The number of sulfonamides is 1. The second-order valence-corrected chi connectivity index (χ2v) is 9.16. The van der Waals surface area contributed by atoms with Gasteiger partial charge in [-0.25, -0.2) is 13.1 Å². The number of likely N-dealkylation sites (tertiary alicyclic amines) is 1. The van der Waals surface area contributed by atoms with E-state index in [1.54, 1.807) is 23.5 Å². The van der Waals surface area contributed by atoms with Crippen LogP contribution in [0.5, 0.6) is 0 Å². The standard InChI is InChI=1S/C20H22N2O2S2/c23-26(24,20-9-5-7-16-6-1-2-8-18(16)20)21-14-19(17-10-13-25-15-17)22-11-3-4-12-22/h1-2,5-10,13,15,19,21H,3-4,11-12,14H2. The molecule has 0 amide bonds. The summed E-state index contributed by atoms with van der Waals surface area (Å²) in [7, 11) is -3.58. The van der Waals surface area contributed by atoms with Crippen molar-refractivity contribution in [2.24, 2.45) is 0 Å². The molecule has 1 aliphatic heterocycles. The first-order chi connectivity index (χ1) is 12.6. The lowest BCUT2D eigenvalue weighted by Gasteiger charge is -2.27. The van der Waals surface area contributed by atoms with Crippen molar-refractivity contribution in [3.8, 4) is 0 Å². The van der Waals surface area contributed by atoms with Gasteiger partial charge >= 0.3 is 0 Å². The molecule has 4 rings (SSSR count). The number of nitrogens with zero attached hydrogens (tertiary/aromatic N) is 1. The molecule has 0 aliphatic carbocycles. The van der Waals surface area contributed by atoms with Crippen LogP contribution in [0.25, 0.3) is 10.8 Å². The van der Waals surface area contributed by atoms with Gasteiger partial charge in [0.05, 0.1) is 4.90 Å². The number of nitrogens with one attached hydrogen (secondary N) is 1. The van der Waals surface area contributed by atoms with Gasteiger partial charge in [-0.3, -0.25) is 4.90 Å². The first-order valence-corrected chi connectivity index (χ1v) is 11.3. The Morgan fingerprint density at radius 1 is 1.04 bits per heavy atom. The number of fused-ring (bicyclic) bond motifs is 1. The van der Waals surface area contributed by atoms with Crippen LogP contribution < -0.4 is 4.72 Å². The summed E-state index contributed by atoms with van der Waals surface area (Å²) in [6.45, 7) is 2.44. The molecule has 4 nitrogen and oxygen atoms in total. The fourth-order valence-electron chi connectivity index (χ4n) is 3.67. The van der Waals surface area contributed by atoms with Gasteiger partial charge in [0.25, 0.3) is 0 Å². The van der Waals surface area contributed by atoms with Crippen molar-refractivity contribution < 1.29 is 8.42 Å². The number of hydrogen-bond donors (Lipinski definition) is 1. The molecule has 1 unspecified atom stereocenters. The van der Waals surface area contributed by atoms with E-state index in [2.05, 4.69) is 26.4 Å². The van der Waals surface area contributed by atoms with Crippen LogP contribution in [0.15, 0.2) is 64.2 Å². The molecule has 0 radical (unpaired) electrons. The molecule has 1 aromatic heterocycles.